The molecule has 0 spiro atoms. The lowest BCUT2D eigenvalue weighted by molar-refractivity contribution is 0.588. The van der Waals surface area contributed by atoms with Crippen LogP contribution in [0.15, 0.2) is 28.7 Å². The molecule has 1 saturated heterocycles. The third-order valence-electron chi connectivity index (χ3n) is 2.31. The second kappa shape index (κ2) is 4.11. The van der Waals surface area contributed by atoms with Gasteiger partial charge in [0, 0.05) is 30.7 Å². The number of piperazine rings is 1. The summed E-state index contributed by atoms with van der Waals surface area (Å²) in [6.07, 6.45) is 0. The molecule has 0 atom stereocenters. The number of hydrogen-bond donors (Lipinski definition) is 1. The lowest BCUT2D eigenvalue weighted by Crippen LogP contribution is -2.43. The maximum Gasteiger partial charge on any atom is 0.0511 e. The second-order valence-electron chi connectivity index (χ2n) is 3.19. The Hall–Kier alpha value is -0.540. The van der Waals surface area contributed by atoms with Crippen LogP contribution in [0.5, 0.6) is 0 Å². The minimum absolute atomic E-state index is 1.08. The highest BCUT2D eigenvalue weighted by molar-refractivity contribution is 9.10. The zero-order chi connectivity index (χ0) is 9.10. The Kier molecular flexibility index (Phi) is 2.86. The average Bonchev–Trinajstić information content (AvgIpc) is 2.20. The third kappa shape index (κ3) is 2.03. The molecule has 1 fully saturated rings. The van der Waals surface area contributed by atoms with Gasteiger partial charge in [-0.3, -0.25) is 0 Å². The molecule has 1 aliphatic heterocycles. The smallest absolute Gasteiger partial charge is 0.0511 e. The lowest BCUT2D eigenvalue weighted by atomic mass is 10.2. The van der Waals surface area contributed by atoms with Crippen LogP contribution in [0.2, 0.25) is 0 Å². The van der Waals surface area contributed by atoms with Crippen LogP contribution in [0.4, 0.5) is 5.69 Å². The largest absolute Gasteiger partial charge is 0.368 e. The van der Waals surface area contributed by atoms with Crippen LogP contribution in [0, 0.1) is 0 Å². The third-order valence-corrected chi connectivity index (χ3v) is 2.98. The van der Waals surface area contributed by atoms with E-state index in [-0.39, 0.29) is 0 Å². The van der Waals surface area contributed by atoms with E-state index in [0.29, 0.717) is 0 Å². The summed E-state index contributed by atoms with van der Waals surface area (Å²) >= 11 is 3.57. The lowest BCUT2D eigenvalue weighted by Gasteiger charge is -2.30. The van der Waals surface area contributed by atoms with E-state index in [4.69, 9.17) is 0 Å². The molecule has 1 N–H and O–H groups in total. The summed E-state index contributed by atoms with van der Waals surface area (Å²) in [5, 5.41) is 3.35. The molecule has 1 aromatic rings. The Morgan fingerprint density at radius 2 is 1.85 bits per heavy atom. The van der Waals surface area contributed by atoms with E-state index in [1.165, 1.54) is 10.2 Å². The molecule has 0 saturated carbocycles. The van der Waals surface area contributed by atoms with Gasteiger partial charge in [-0.1, -0.05) is 12.1 Å². The number of anilines is 1. The van der Waals surface area contributed by atoms with E-state index in [9.17, 15) is 0 Å². The minimum Gasteiger partial charge on any atom is -0.368 e. The van der Waals surface area contributed by atoms with Gasteiger partial charge in [0.25, 0.3) is 0 Å². The molecule has 0 aliphatic carbocycles. The van der Waals surface area contributed by atoms with E-state index < -0.39 is 0 Å². The maximum absolute atomic E-state index is 3.57. The van der Waals surface area contributed by atoms with Gasteiger partial charge in [0.15, 0.2) is 0 Å². The molecule has 13 heavy (non-hydrogen) atoms. The minimum atomic E-state index is 1.08. The van der Waals surface area contributed by atoms with Gasteiger partial charge in [0.1, 0.15) is 0 Å². The highest BCUT2D eigenvalue weighted by atomic mass is 79.9. The SMILES string of the molecule is Brc1ccccc1N1CCNCC1. The van der Waals surface area contributed by atoms with Gasteiger partial charge in [-0.15, -0.1) is 0 Å². The van der Waals surface area contributed by atoms with E-state index in [0.717, 1.165) is 26.2 Å². The number of rotatable bonds is 1. The van der Waals surface area contributed by atoms with Gasteiger partial charge >= 0.3 is 0 Å². The van der Waals surface area contributed by atoms with Crippen molar-refractivity contribution in [2.24, 2.45) is 0 Å². The molecule has 0 amide bonds. The van der Waals surface area contributed by atoms with Gasteiger partial charge in [0.05, 0.1) is 5.69 Å². The van der Waals surface area contributed by atoms with Crippen molar-refractivity contribution < 1.29 is 0 Å². The topological polar surface area (TPSA) is 15.3 Å². The van der Waals surface area contributed by atoms with Crippen molar-refractivity contribution in [2.75, 3.05) is 31.1 Å². The number of halogens is 1. The Balaban J connectivity index is 2.18. The van der Waals surface area contributed by atoms with Crippen molar-refractivity contribution in [2.45, 2.75) is 0 Å². The molecule has 0 bridgehead atoms. The molecular weight excluding hydrogens is 228 g/mol. The maximum atomic E-state index is 3.57. The number of nitrogens with one attached hydrogen (secondary N) is 1. The van der Waals surface area contributed by atoms with E-state index >= 15 is 0 Å². The van der Waals surface area contributed by atoms with Gasteiger partial charge < -0.3 is 10.2 Å². The van der Waals surface area contributed by atoms with Gasteiger partial charge in [-0.25, -0.2) is 0 Å². The summed E-state index contributed by atoms with van der Waals surface area (Å²) in [7, 11) is 0. The fourth-order valence-corrected chi connectivity index (χ4v) is 2.15. The summed E-state index contributed by atoms with van der Waals surface area (Å²) in [5.41, 5.74) is 1.31. The summed E-state index contributed by atoms with van der Waals surface area (Å²) < 4.78 is 1.19. The van der Waals surface area contributed by atoms with Crippen LogP contribution in [0.25, 0.3) is 0 Å². The van der Waals surface area contributed by atoms with Gasteiger partial charge in [-0.2, -0.15) is 0 Å². The Labute approximate surface area is 87.1 Å². The van der Waals surface area contributed by atoms with Crippen molar-refractivity contribution in [1.29, 1.82) is 0 Å². The summed E-state index contributed by atoms with van der Waals surface area (Å²) in [6.45, 7) is 4.37. The summed E-state index contributed by atoms with van der Waals surface area (Å²) in [4.78, 5) is 2.40. The Bertz CT molecular complexity index is 282. The molecule has 0 aromatic heterocycles. The van der Waals surface area contributed by atoms with Gasteiger partial charge in [0.2, 0.25) is 0 Å². The van der Waals surface area contributed by atoms with Crippen molar-refractivity contribution >= 4 is 21.6 Å². The van der Waals surface area contributed by atoms with Crippen molar-refractivity contribution in [3.05, 3.63) is 28.7 Å². The molecule has 2 rings (SSSR count). The predicted molar refractivity (Wildman–Crippen MR) is 59.2 cm³/mol. The number of nitrogens with zero attached hydrogens (tertiary/aromatic N) is 1. The molecule has 2 nitrogen and oxygen atoms in total. The molecule has 0 unspecified atom stereocenters. The normalized spacial score (nSPS) is 17.5. The first kappa shape index (κ1) is 9.03. The average molecular weight is 241 g/mol. The predicted octanol–water partition coefficient (Wildman–Crippen LogP) is 1.86. The zero-order valence-corrected chi connectivity index (χ0v) is 9.05. The molecular formula is C10H13BrN2. The quantitative estimate of drug-likeness (QED) is 0.807. The van der Waals surface area contributed by atoms with Crippen LogP contribution in [-0.2, 0) is 0 Å². The Morgan fingerprint density at radius 3 is 2.54 bits per heavy atom. The monoisotopic (exact) mass is 240 g/mol. The van der Waals surface area contributed by atoms with Crippen molar-refractivity contribution in [3.8, 4) is 0 Å². The highest BCUT2D eigenvalue weighted by Crippen LogP contribution is 2.25. The van der Waals surface area contributed by atoms with Crippen LogP contribution in [-0.4, -0.2) is 26.2 Å². The van der Waals surface area contributed by atoms with E-state index in [1.54, 1.807) is 0 Å². The fourth-order valence-electron chi connectivity index (χ4n) is 1.61. The first-order valence-electron chi connectivity index (χ1n) is 4.58. The highest BCUT2D eigenvalue weighted by Gasteiger charge is 2.11. The zero-order valence-electron chi connectivity index (χ0n) is 7.46. The molecule has 70 valence electrons. The van der Waals surface area contributed by atoms with Crippen LogP contribution < -0.4 is 10.2 Å². The second-order valence-corrected chi connectivity index (χ2v) is 4.04. The van der Waals surface area contributed by atoms with Crippen molar-refractivity contribution in [3.63, 3.8) is 0 Å². The molecule has 0 radical (unpaired) electrons. The number of hydrogen-bond acceptors (Lipinski definition) is 2. The molecule has 3 heteroatoms. The molecule has 1 aromatic carbocycles. The first-order valence-corrected chi connectivity index (χ1v) is 5.37. The molecule has 1 aliphatic rings. The van der Waals surface area contributed by atoms with Crippen LogP contribution in [0.3, 0.4) is 0 Å². The fraction of sp³-hybridized carbons (Fsp3) is 0.400. The van der Waals surface area contributed by atoms with Crippen LogP contribution >= 0.6 is 15.9 Å². The molecule has 1 heterocycles. The van der Waals surface area contributed by atoms with E-state index in [1.807, 2.05) is 0 Å². The number of para-hydroxylation sites is 1. The van der Waals surface area contributed by atoms with E-state index in [2.05, 4.69) is 50.4 Å². The Morgan fingerprint density at radius 1 is 1.15 bits per heavy atom. The first-order chi connectivity index (χ1) is 6.38. The standard InChI is InChI=1S/C10H13BrN2/c11-9-3-1-2-4-10(9)13-7-5-12-6-8-13/h1-4,12H,5-8H2. The van der Waals surface area contributed by atoms with Crippen LogP contribution in [0.1, 0.15) is 0 Å². The summed E-state index contributed by atoms with van der Waals surface area (Å²) in [6, 6.07) is 8.39. The van der Waals surface area contributed by atoms with Crippen molar-refractivity contribution in [1.82, 2.24) is 5.32 Å². The number of benzene rings is 1. The summed E-state index contributed by atoms with van der Waals surface area (Å²) in [5.74, 6) is 0. The van der Waals surface area contributed by atoms with Gasteiger partial charge in [-0.05, 0) is 28.1 Å².